The Hall–Kier alpha value is -3.90. The minimum Gasteiger partial charge on any atom is -0.346 e. The first-order chi connectivity index (χ1) is 11.8. The minimum absolute atomic E-state index is 0.337. The topological polar surface area (TPSA) is 94.1 Å². The number of fused-ring (bicyclic) bond motifs is 1. The lowest BCUT2D eigenvalue weighted by atomic mass is 10.1. The fraction of sp³-hybridized carbons (Fsp3) is 0. The maximum absolute atomic E-state index is 9.16. The zero-order chi connectivity index (χ0) is 16.5. The van der Waals surface area contributed by atoms with Crippen molar-refractivity contribution in [1.29, 1.82) is 10.5 Å². The van der Waals surface area contributed by atoms with E-state index in [4.69, 9.17) is 10.5 Å². The Labute approximate surface area is 137 Å². The first-order valence-electron chi connectivity index (χ1n) is 7.22. The highest BCUT2D eigenvalue weighted by molar-refractivity contribution is 5.92. The lowest BCUT2D eigenvalue weighted by Crippen LogP contribution is -1.96. The maximum atomic E-state index is 9.16. The van der Waals surface area contributed by atoms with E-state index in [9.17, 15) is 0 Å². The first kappa shape index (κ1) is 13.7. The number of nitriles is 2. The van der Waals surface area contributed by atoms with Crippen LogP contribution < -0.4 is 0 Å². The van der Waals surface area contributed by atoms with Gasteiger partial charge in [-0.2, -0.15) is 15.6 Å². The van der Waals surface area contributed by atoms with Gasteiger partial charge in [-0.25, -0.2) is 9.67 Å². The lowest BCUT2D eigenvalue weighted by Gasteiger charge is -2.03. The number of aromatic amines is 1. The van der Waals surface area contributed by atoms with Gasteiger partial charge in [0.1, 0.15) is 17.8 Å². The highest BCUT2D eigenvalue weighted by Crippen LogP contribution is 2.27. The van der Waals surface area contributed by atoms with Crippen LogP contribution in [0, 0.1) is 22.7 Å². The van der Waals surface area contributed by atoms with Crippen LogP contribution in [-0.2, 0) is 0 Å². The number of rotatable bonds is 2. The molecule has 4 aromatic rings. The van der Waals surface area contributed by atoms with Gasteiger partial charge < -0.3 is 4.98 Å². The molecular formula is C18H10N6. The fourth-order valence-corrected chi connectivity index (χ4v) is 2.68. The van der Waals surface area contributed by atoms with E-state index in [0.29, 0.717) is 11.1 Å². The van der Waals surface area contributed by atoms with E-state index in [1.54, 1.807) is 35.3 Å². The van der Waals surface area contributed by atoms with Gasteiger partial charge in [0.05, 0.1) is 23.0 Å². The third-order valence-electron chi connectivity index (χ3n) is 3.86. The second kappa shape index (κ2) is 5.38. The van der Waals surface area contributed by atoms with E-state index in [1.165, 1.54) is 0 Å². The van der Waals surface area contributed by atoms with Crippen molar-refractivity contribution in [2.75, 3.05) is 0 Å². The number of nitrogens with one attached hydrogen (secondary N) is 1. The van der Waals surface area contributed by atoms with Crippen molar-refractivity contribution >= 4 is 11.0 Å². The third-order valence-corrected chi connectivity index (χ3v) is 3.86. The molecule has 3 aromatic heterocycles. The zero-order valence-electron chi connectivity index (χ0n) is 12.4. The Morgan fingerprint density at radius 2 is 1.92 bits per heavy atom. The van der Waals surface area contributed by atoms with Gasteiger partial charge in [0.15, 0.2) is 0 Å². The quantitative estimate of drug-likeness (QED) is 0.615. The monoisotopic (exact) mass is 310 g/mol. The Kier molecular flexibility index (Phi) is 3.08. The van der Waals surface area contributed by atoms with E-state index in [0.717, 1.165) is 27.8 Å². The molecule has 3 heterocycles. The molecule has 0 amide bonds. The van der Waals surface area contributed by atoms with Crippen molar-refractivity contribution in [3.05, 3.63) is 66.2 Å². The predicted octanol–water partition coefficient (Wildman–Crippen LogP) is 3.16. The van der Waals surface area contributed by atoms with Gasteiger partial charge in [0.25, 0.3) is 0 Å². The van der Waals surface area contributed by atoms with E-state index in [1.807, 2.05) is 36.7 Å². The van der Waals surface area contributed by atoms with Crippen LogP contribution in [0.25, 0.3) is 27.8 Å². The smallest absolute Gasteiger partial charge is 0.137 e. The van der Waals surface area contributed by atoms with Crippen molar-refractivity contribution in [3.63, 3.8) is 0 Å². The average Bonchev–Trinajstić information content (AvgIpc) is 3.30. The molecule has 0 spiro atoms. The fourth-order valence-electron chi connectivity index (χ4n) is 2.68. The normalized spacial score (nSPS) is 10.4. The standard InChI is InChI=1S/C18H10N6/c19-8-12-1-2-15(7-13(12)9-20)24-11-14(10-23-24)16-3-5-21-18-17(16)4-6-22-18/h1-7,10-11H,(H,21,22). The van der Waals surface area contributed by atoms with Gasteiger partial charge in [-0.05, 0) is 35.9 Å². The van der Waals surface area contributed by atoms with Crippen LogP contribution in [0.15, 0.2) is 55.1 Å². The number of nitrogens with zero attached hydrogens (tertiary/aromatic N) is 5. The van der Waals surface area contributed by atoms with Gasteiger partial charge in [-0.15, -0.1) is 0 Å². The van der Waals surface area contributed by atoms with Gasteiger partial charge >= 0.3 is 0 Å². The third kappa shape index (κ3) is 2.11. The van der Waals surface area contributed by atoms with Crippen LogP contribution in [0.4, 0.5) is 0 Å². The molecule has 4 rings (SSSR count). The zero-order valence-corrected chi connectivity index (χ0v) is 12.4. The molecule has 24 heavy (non-hydrogen) atoms. The molecule has 1 N–H and O–H groups in total. The van der Waals surface area contributed by atoms with Gasteiger partial charge in [0.2, 0.25) is 0 Å². The Balaban J connectivity index is 1.80. The lowest BCUT2D eigenvalue weighted by molar-refractivity contribution is 0.880. The molecule has 112 valence electrons. The van der Waals surface area contributed by atoms with Crippen LogP contribution in [0.2, 0.25) is 0 Å². The molecule has 0 fully saturated rings. The second-order valence-electron chi connectivity index (χ2n) is 5.23. The number of hydrogen-bond donors (Lipinski definition) is 1. The molecule has 6 heteroatoms. The van der Waals surface area contributed by atoms with Crippen LogP contribution >= 0.6 is 0 Å². The summed E-state index contributed by atoms with van der Waals surface area (Å²) in [4.78, 5) is 7.38. The summed E-state index contributed by atoms with van der Waals surface area (Å²) in [6, 6.07) is 13.0. The largest absolute Gasteiger partial charge is 0.346 e. The summed E-state index contributed by atoms with van der Waals surface area (Å²) in [7, 11) is 0. The van der Waals surface area contributed by atoms with Crippen LogP contribution in [0.5, 0.6) is 0 Å². The Morgan fingerprint density at radius 1 is 1.04 bits per heavy atom. The SMILES string of the molecule is N#Cc1ccc(-n2cc(-c3ccnc4[nH]ccc34)cn2)cc1C#N. The molecule has 0 bridgehead atoms. The highest BCUT2D eigenvalue weighted by atomic mass is 15.3. The molecule has 6 nitrogen and oxygen atoms in total. The van der Waals surface area contributed by atoms with E-state index in [-0.39, 0.29) is 0 Å². The molecular weight excluding hydrogens is 300 g/mol. The summed E-state index contributed by atoms with van der Waals surface area (Å²) in [5.41, 5.74) is 4.23. The summed E-state index contributed by atoms with van der Waals surface area (Å²) >= 11 is 0. The first-order valence-corrected chi connectivity index (χ1v) is 7.22. The Morgan fingerprint density at radius 3 is 2.75 bits per heavy atom. The van der Waals surface area contributed by atoms with Crippen molar-refractivity contribution < 1.29 is 0 Å². The van der Waals surface area contributed by atoms with Crippen LogP contribution in [-0.4, -0.2) is 19.7 Å². The maximum Gasteiger partial charge on any atom is 0.137 e. The van der Waals surface area contributed by atoms with Crippen LogP contribution in [0.1, 0.15) is 11.1 Å². The minimum atomic E-state index is 0.337. The molecule has 0 unspecified atom stereocenters. The number of pyridine rings is 1. The molecule has 0 aliphatic heterocycles. The molecule has 1 aromatic carbocycles. The molecule has 0 atom stereocenters. The van der Waals surface area contributed by atoms with Gasteiger partial charge in [-0.1, -0.05) is 0 Å². The molecule has 0 saturated carbocycles. The molecule has 0 radical (unpaired) electrons. The highest BCUT2D eigenvalue weighted by Gasteiger charge is 2.10. The van der Waals surface area contributed by atoms with E-state index in [2.05, 4.69) is 15.1 Å². The summed E-state index contributed by atoms with van der Waals surface area (Å²) in [5, 5.41) is 23.6. The van der Waals surface area contributed by atoms with Crippen LogP contribution in [0.3, 0.4) is 0 Å². The van der Waals surface area contributed by atoms with E-state index >= 15 is 0 Å². The number of benzene rings is 1. The predicted molar refractivity (Wildman–Crippen MR) is 88.1 cm³/mol. The summed E-state index contributed by atoms with van der Waals surface area (Å²) in [6.45, 7) is 0. The number of H-pyrrole nitrogens is 1. The van der Waals surface area contributed by atoms with Gasteiger partial charge in [0, 0.05) is 29.5 Å². The van der Waals surface area contributed by atoms with Crippen molar-refractivity contribution in [2.45, 2.75) is 0 Å². The number of hydrogen-bond acceptors (Lipinski definition) is 4. The summed E-state index contributed by atoms with van der Waals surface area (Å²) < 4.78 is 1.69. The second-order valence-corrected chi connectivity index (χ2v) is 5.23. The summed E-state index contributed by atoms with van der Waals surface area (Å²) in [6.07, 6.45) is 7.27. The molecule has 0 aliphatic carbocycles. The molecule has 0 aliphatic rings. The van der Waals surface area contributed by atoms with Crippen molar-refractivity contribution in [1.82, 2.24) is 19.7 Å². The average molecular weight is 310 g/mol. The van der Waals surface area contributed by atoms with E-state index < -0.39 is 0 Å². The molecule has 0 saturated heterocycles. The van der Waals surface area contributed by atoms with Crippen molar-refractivity contribution in [2.24, 2.45) is 0 Å². The van der Waals surface area contributed by atoms with Crippen molar-refractivity contribution in [3.8, 4) is 29.0 Å². The number of aromatic nitrogens is 4. The summed E-state index contributed by atoms with van der Waals surface area (Å²) in [5.74, 6) is 0. The Bertz CT molecular complexity index is 1140. The van der Waals surface area contributed by atoms with Gasteiger partial charge in [-0.3, -0.25) is 0 Å².